The van der Waals surface area contributed by atoms with Crippen molar-refractivity contribution in [2.75, 3.05) is 0 Å². The monoisotopic (exact) mass is 275 g/mol. The molecule has 0 bridgehead atoms. The molecule has 3 rings (SSSR count). The second-order valence-corrected chi connectivity index (χ2v) is 5.76. The number of aromatic carboxylic acids is 1. The molecule has 98 valence electrons. The van der Waals surface area contributed by atoms with E-state index in [1.807, 2.05) is 12.3 Å². The van der Waals surface area contributed by atoms with Crippen LogP contribution in [0.25, 0.3) is 0 Å². The molecule has 0 amide bonds. The maximum Gasteiger partial charge on any atom is 0.339 e. The molecule has 0 atom stereocenters. The molecule has 1 saturated carbocycles. The first-order valence-electron chi connectivity index (χ1n) is 6.13. The van der Waals surface area contributed by atoms with E-state index in [2.05, 4.69) is 15.0 Å². The van der Waals surface area contributed by atoms with Gasteiger partial charge in [-0.1, -0.05) is 0 Å². The maximum atomic E-state index is 11.1. The lowest BCUT2D eigenvalue weighted by Crippen LogP contribution is -2.08. The molecule has 5 nitrogen and oxygen atoms in total. The summed E-state index contributed by atoms with van der Waals surface area (Å²) in [6.45, 7) is 1.96. The lowest BCUT2D eigenvalue weighted by Gasteiger charge is -2.05. The average molecular weight is 275 g/mol. The van der Waals surface area contributed by atoms with E-state index in [0.29, 0.717) is 23.9 Å². The largest absolute Gasteiger partial charge is 0.478 e. The highest BCUT2D eigenvalue weighted by atomic mass is 32.1. The second kappa shape index (κ2) is 4.70. The number of hydrogen-bond acceptors (Lipinski definition) is 5. The highest BCUT2D eigenvalue weighted by molar-refractivity contribution is 7.09. The SMILES string of the molecule is Cc1nc(Cc2ncc(C(=O)O)c(C3CC3)n2)cs1. The minimum atomic E-state index is -0.946. The molecule has 0 aromatic carbocycles. The Morgan fingerprint density at radius 3 is 2.84 bits per heavy atom. The smallest absolute Gasteiger partial charge is 0.339 e. The van der Waals surface area contributed by atoms with Gasteiger partial charge < -0.3 is 5.11 Å². The van der Waals surface area contributed by atoms with Crippen LogP contribution in [0.2, 0.25) is 0 Å². The van der Waals surface area contributed by atoms with Crippen LogP contribution in [0.3, 0.4) is 0 Å². The number of carbonyl (C=O) groups is 1. The van der Waals surface area contributed by atoms with Crippen LogP contribution in [0, 0.1) is 6.92 Å². The van der Waals surface area contributed by atoms with E-state index in [9.17, 15) is 4.79 Å². The highest BCUT2D eigenvalue weighted by Gasteiger charge is 2.30. The molecule has 0 saturated heterocycles. The van der Waals surface area contributed by atoms with Crippen LogP contribution < -0.4 is 0 Å². The summed E-state index contributed by atoms with van der Waals surface area (Å²) in [5.74, 6) is 0.000160. The van der Waals surface area contributed by atoms with Gasteiger partial charge in [0, 0.05) is 17.5 Å². The molecule has 1 aliphatic carbocycles. The molecule has 0 radical (unpaired) electrons. The van der Waals surface area contributed by atoms with E-state index < -0.39 is 5.97 Å². The van der Waals surface area contributed by atoms with Crippen LogP contribution >= 0.6 is 11.3 Å². The number of carboxylic acid groups (broad SMARTS) is 1. The Balaban J connectivity index is 1.90. The quantitative estimate of drug-likeness (QED) is 0.927. The first-order valence-corrected chi connectivity index (χ1v) is 7.01. The summed E-state index contributed by atoms with van der Waals surface area (Å²) < 4.78 is 0. The lowest BCUT2D eigenvalue weighted by molar-refractivity contribution is 0.0694. The van der Waals surface area contributed by atoms with E-state index in [0.717, 1.165) is 23.5 Å². The van der Waals surface area contributed by atoms with Gasteiger partial charge >= 0.3 is 5.97 Å². The predicted molar refractivity (Wildman–Crippen MR) is 70.6 cm³/mol. The van der Waals surface area contributed by atoms with E-state index in [1.165, 1.54) is 6.20 Å². The number of hydrogen-bond donors (Lipinski definition) is 1. The molecule has 1 aliphatic rings. The van der Waals surface area contributed by atoms with Crippen molar-refractivity contribution >= 4 is 17.3 Å². The van der Waals surface area contributed by atoms with Gasteiger partial charge in [0.25, 0.3) is 0 Å². The fraction of sp³-hybridized carbons (Fsp3) is 0.385. The zero-order chi connectivity index (χ0) is 13.4. The van der Waals surface area contributed by atoms with Gasteiger partial charge in [-0.25, -0.2) is 19.7 Å². The van der Waals surface area contributed by atoms with Crippen LogP contribution in [0.1, 0.15) is 51.3 Å². The third-order valence-corrected chi connectivity index (χ3v) is 3.89. The molecule has 0 spiro atoms. The average Bonchev–Trinajstić information content (AvgIpc) is 3.14. The molecule has 6 heteroatoms. The summed E-state index contributed by atoms with van der Waals surface area (Å²) in [5.41, 5.74) is 1.86. The lowest BCUT2D eigenvalue weighted by atomic mass is 10.1. The van der Waals surface area contributed by atoms with Gasteiger partial charge in [0.1, 0.15) is 5.82 Å². The topological polar surface area (TPSA) is 76.0 Å². The number of aromatic nitrogens is 3. The van der Waals surface area contributed by atoms with Crippen molar-refractivity contribution in [1.29, 1.82) is 0 Å². The van der Waals surface area contributed by atoms with Crippen molar-refractivity contribution < 1.29 is 9.90 Å². The van der Waals surface area contributed by atoms with E-state index in [4.69, 9.17) is 5.11 Å². The Morgan fingerprint density at radius 2 is 2.26 bits per heavy atom. The molecular formula is C13H13N3O2S. The van der Waals surface area contributed by atoms with Gasteiger partial charge in [0.15, 0.2) is 0 Å². The molecule has 0 unspecified atom stereocenters. The number of thiazole rings is 1. The third kappa shape index (κ3) is 2.63. The van der Waals surface area contributed by atoms with Crippen LogP contribution in [0.15, 0.2) is 11.6 Å². The van der Waals surface area contributed by atoms with Crippen molar-refractivity contribution in [2.45, 2.75) is 32.1 Å². The first-order chi connectivity index (χ1) is 9.13. The summed E-state index contributed by atoms with van der Waals surface area (Å²) in [7, 11) is 0. The minimum absolute atomic E-state index is 0.237. The summed E-state index contributed by atoms with van der Waals surface area (Å²) in [6, 6.07) is 0. The van der Waals surface area contributed by atoms with Crippen LogP contribution in [-0.4, -0.2) is 26.0 Å². The molecule has 19 heavy (non-hydrogen) atoms. The molecule has 1 fully saturated rings. The standard InChI is InChI=1S/C13H13N3O2S/c1-7-15-9(6-19-7)4-11-14-5-10(13(17)18)12(16-11)8-2-3-8/h5-6,8H,2-4H2,1H3,(H,17,18). The van der Waals surface area contributed by atoms with Crippen molar-refractivity contribution in [3.05, 3.63) is 39.4 Å². The number of rotatable bonds is 4. The van der Waals surface area contributed by atoms with Gasteiger partial charge in [-0.05, 0) is 19.8 Å². The van der Waals surface area contributed by atoms with Gasteiger partial charge in [0.05, 0.1) is 28.4 Å². The Morgan fingerprint density at radius 1 is 1.47 bits per heavy atom. The Hall–Kier alpha value is -1.82. The van der Waals surface area contributed by atoms with Crippen molar-refractivity contribution in [3.63, 3.8) is 0 Å². The van der Waals surface area contributed by atoms with E-state index >= 15 is 0 Å². The fourth-order valence-electron chi connectivity index (χ4n) is 2.00. The normalized spacial score (nSPS) is 14.6. The molecule has 2 aromatic rings. The number of aryl methyl sites for hydroxylation is 1. The maximum absolute atomic E-state index is 11.1. The molecular weight excluding hydrogens is 262 g/mol. The van der Waals surface area contributed by atoms with Gasteiger partial charge in [-0.3, -0.25) is 0 Å². The van der Waals surface area contributed by atoms with Crippen LogP contribution in [-0.2, 0) is 6.42 Å². The second-order valence-electron chi connectivity index (χ2n) is 4.70. The number of carboxylic acids is 1. The summed E-state index contributed by atoms with van der Waals surface area (Å²) in [5, 5.41) is 12.1. The van der Waals surface area contributed by atoms with Crippen molar-refractivity contribution in [1.82, 2.24) is 15.0 Å². The number of nitrogens with zero attached hydrogens (tertiary/aromatic N) is 3. The molecule has 2 aromatic heterocycles. The van der Waals surface area contributed by atoms with Gasteiger partial charge in [-0.2, -0.15) is 0 Å². The minimum Gasteiger partial charge on any atom is -0.478 e. The van der Waals surface area contributed by atoms with Crippen LogP contribution in [0.5, 0.6) is 0 Å². The summed E-state index contributed by atoms with van der Waals surface area (Å²) in [6.07, 6.45) is 4.03. The predicted octanol–water partition coefficient (Wildman–Crippen LogP) is 2.41. The molecule has 1 N–H and O–H groups in total. The van der Waals surface area contributed by atoms with Gasteiger partial charge in [0.2, 0.25) is 0 Å². The zero-order valence-corrected chi connectivity index (χ0v) is 11.3. The fourth-order valence-corrected chi connectivity index (χ4v) is 2.62. The first kappa shape index (κ1) is 12.2. The Bertz CT molecular complexity index is 635. The van der Waals surface area contributed by atoms with E-state index in [1.54, 1.807) is 11.3 Å². The highest BCUT2D eigenvalue weighted by Crippen LogP contribution is 2.40. The zero-order valence-electron chi connectivity index (χ0n) is 10.5. The third-order valence-electron chi connectivity index (χ3n) is 3.07. The summed E-state index contributed by atoms with van der Waals surface area (Å²) >= 11 is 1.59. The Kier molecular flexibility index (Phi) is 3.02. The van der Waals surface area contributed by atoms with E-state index in [-0.39, 0.29) is 5.56 Å². The Labute approximate surface area is 114 Å². The molecule has 0 aliphatic heterocycles. The van der Waals surface area contributed by atoms with Crippen molar-refractivity contribution in [3.8, 4) is 0 Å². The van der Waals surface area contributed by atoms with Crippen molar-refractivity contribution in [2.24, 2.45) is 0 Å². The molecule has 2 heterocycles. The van der Waals surface area contributed by atoms with Crippen LogP contribution in [0.4, 0.5) is 0 Å². The summed E-state index contributed by atoms with van der Waals surface area (Å²) in [4.78, 5) is 24.1. The van der Waals surface area contributed by atoms with Gasteiger partial charge in [-0.15, -0.1) is 11.3 Å².